The molecule has 0 saturated heterocycles. The van der Waals surface area contributed by atoms with E-state index in [1.165, 1.54) is 0 Å². The lowest BCUT2D eigenvalue weighted by molar-refractivity contribution is 0.210. The molecule has 0 aliphatic carbocycles. The van der Waals surface area contributed by atoms with Gasteiger partial charge in [-0.15, -0.1) is 0 Å². The fourth-order valence-electron chi connectivity index (χ4n) is 4.77. The number of para-hydroxylation sites is 2. The highest BCUT2D eigenvalue weighted by molar-refractivity contribution is 7.99. The van der Waals surface area contributed by atoms with Gasteiger partial charge in [0.2, 0.25) is 0 Å². The average molecular weight is 512 g/mol. The third-order valence-electron chi connectivity index (χ3n) is 6.53. The monoisotopic (exact) mass is 511 g/mol. The number of hydrogen-bond donors (Lipinski definition) is 0. The van der Waals surface area contributed by atoms with E-state index in [2.05, 4.69) is 22.6 Å². The second-order valence-corrected chi connectivity index (χ2v) is 9.95. The number of carbonyl (C=O) groups excluding carboxylic acids is 1. The fourth-order valence-corrected chi connectivity index (χ4v) is 5.83. The molecule has 182 valence electrons. The van der Waals surface area contributed by atoms with Gasteiger partial charge in [-0.1, -0.05) is 72.4 Å². The van der Waals surface area contributed by atoms with Crippen LogP contribution >= 0.6 is 11.8 Å². The Morgan fingerprint density at radius 1 is 0.658 bits per heavy atom. The Balaban J connectivity index is 1.21. The number of fused-ring (bicyclic) bond motifs is 3. The highest BCUT2D eigenvalue weighted by Crippen LogP contribution is 2.48. The molecule has 5 nitrogen and oxygen atoms in total. The molecule has 0 fully saturated rings. The van der Waals surface area contributed by atoms with E-state index in [1.807, 2.05) is 109 Å². The van der Waals surface area contributed by atoms with Gasteiger partial charge in [0, 0.05) is 27.1 Å². The van der Waals surface area contributed by atoms with Gasteiger partial charge in [-0.25, -0.2) is 14.7 Å². The van der Waals surface area contributed by atoms with Crippen LogP contribution in [0.4, 0.5) is 16.2 Å². The fraction of sp³-hybridized carbons (Fsp3) is 0. The normalized spacial score (nSPS) is 12.2. The van der Waals surface area contributed by atoms with Crippen molar-refractivity contribution in [1.82, 2.24) is 9.38 Å². The van der Waals surface area contributed by atoms with E-state index in [0.29, 0.717) is 5.75 Å². The number of ether oxygens (including phenoxy) is 1. The van der Waals surface area contributed by atoms with Gasteiger partial charge >= 0.3 is 6.09 Å². The maximum Gasteiger partial charge on any atom is 0.424 e. The molecule has 7 rings (SSSR count). The number of hydrogen-bond acceptors (Lipinski definition) is 4. The van der Waals surface area contributed by atoms with E-state index in [9.17, 15) is 4.79 Å². The molecule has 0 unspecified atom stereocenters. The lowest BCUT2D eigenvalue weighted by atomic mass is 10.1. The van der Waals surface area contributed by atoms with E-state index in [0.717, 1.165) is 49.3 Å². The van der Waals surface area contributed by atoms with E-state index in [4.69, 9.17) is 9.72 Å². The van der Waals surface area contributed by atoms with Gasteiger partial charge in [0.25, 0.3) is 0 Å². The van der Waals surface area contributed by atoms with Crippen molar-refractivity contribution < 1.29 is 9.53 Å². The predicted octanol–water partition coefficient (Wildman–Crippen LogP) is 8.47. The molecule has 0 saturated carbocycles. The van der Waals surface area contributed by atoms with Gasteiger partial charge in [0.05, 0.1) is 22.6 Å². The van der Waals surface area contributed by atoms with Crippen LogP contribution < -0.4 is 9.64 Å². The third-order valence-corrected chi connectivity index (χ3v) is 7.66. The molecule has 38 heavy (non-hydrogen) atoms. The van der Waals surface area contributed by atoms with Gasteiger partial charge in [-0.2, -0.15) is 0 Å². The summed E-state index contributed by atoms with van der Waals surface area (Å²) in [5.41, 5.74) is 5.58. The molecule has 6 heteroatoms. The second-order valence-electron chi connectivity index (χ2n) is 8.87. The molecular formula is C32H21N3O2S. The Morgan fingerprint density at radius 3 is 2.00 bits per heavy atom. The van der Waals surface area contributed by atoms with E-state index in [-0.39, 0.29) is 0 Å². The molecular weight excluding hydrogens is 490 g/mol. The zero-order chi connectivity index (χ0) is 25.5. The first-order chi connectivity index (χ1) is 18.8. The quantitative estimate of drug-likeness (QED) is 0.239. The zero-order valence-electron chi connectivity index (χ0n) is 20.2. The number of amides is 1. The van der Waals surface area contributed by atoms with Crippen molar-refractivity contribution in [1.29, 1.82) is 0 Å². The topological polar surface area (TPSA) is 46.8 Å². The standard InChI is InChI=1S/C32H21N3O2S/c36-32(35-25-12-4-6-15-28(25)38-29-16-7-5-13-26(29)35)37-24-19-17-23(18-20-24)31-33-30(22-10-2-1-3-11-22)27-14-8-9-21-34(27)31/h1-21H. The minimum Gasteiger partial charge on any atom is -0.410 e. The number of carbonyl (C=O) groups is 1. The lowest BCUT2D eigenvalue weighted by Gasteiger charge is -2.30. The summed E-state index contributed by atoms with van der Waals surface area (Å²) < 4.78 is 7.96. The molecule has 1 aliphatic heterocycles. The van der Waals surface area contributed by atoms with E-state index >= 15 is 0 Å². The van der Waals surface area contributed by atoms with Gasteiger partial charge in [0.15, 0.2) is 0 Å². The number of anilines is 2. The summed E-state index contributed by atoms with van der Waals surface area (Å²) in [5.74, 6) is 1.30. The zero-order valence-corrected chi connectivity index (χ0v) is 21.0. The third kappa shape index (κ3) is 3.83. The van der Waals surface area contributed by atoms with Crippen LogP contribution in [0.15, 0.2) is 137 Å². The predicted molar refractivity (Wildman–Crippen MR) is 151 cm³/mol. The maximum atomic E-state index is 13.5. The van der Waals surface area contributed by atoms with Crippen LogP contribution in [0.2, 0.25) is 0 Å². The number of rotatable bonds is 3. The van der Waals surface area contributed by atoms with Crippen LogP contribution in [0.3, 0.4) is 0 Å². The molecule has 0 N–H and O–H groups in total. The second kappa shape index (κ2) is 9.25. The van der Waals surface area contributed by atoms with Crippen molar-refractivity contribution in [3.8, 4) is 28.4 Å². The Bertz CT molecular complexity index is 1750. The summed E-state index contributed by atoms with van der Waals surface area (Å²) in [4.78, 5) is 22.1. The number of aromatic nitrogens is 2. The number of nitrogens with zero attached hydrogens (tertiary/aromatic N) is 3. The van der Waals surface area contributed by atoms with Gasteiger partial charge in [-0.3, -0.25) is 4.40 Å². The minimum absolute atomic E-state index is 0.449. The van der Waals surface area contributed by atoms with Gasteiger partial charge in [-0.05, 0) is 60.7 Å². The van der Waals surface area contributed by atoms with Crippen LogP contribution in [-0.2, 0) is 0 Å². The van der Waals surface area contributed by atoms with Crippen LogP contribution in [0, 0.1) is 0 Å². The summed E-state index contributed by atoms with van der Waals surface area (Å²) in [7, 11) is 0. The minimum atomic E-state index is -0.449. The molecule has 1 aliphatic rings. The smallest absolute Gasteiger partial charge is 0.410 e. The first kappa shape index (κ1) is 22.4. The van der Waals surface area contributed by atoms with Crippen molar-refractivity contribution in [2.24, 2.45) is 0 Å². The van der Waals surface area contributed by atoms with Crippen molar-refractivity contribution >= 4 is 34.7 Å². The molecule has 4 aromatic carbocycles. The summed E-state index contributed by atoms with van der Waals surface area (Å²) >= 11 is 1.65. The Labute approximate surface area is 224 Å². The molecule has 2 aromatic heterocycles. The van der Waals surface area contributed by atoms with Crippen molar-refractivity contribution in [3.05, 3.63) is 128 Å². The molecule has 0 radical (unpaired) electrons. The Hall–Kier alpha value is -4.81. The van der Waals surface area contributed by atoms with Crippen LogP contribution in [0.5, 0.6) is 5.75 Å². The van der Waals surface area contributed by atoms with Crippen molar-refractivity contribution in [2.75, 3.05) is 4.90 Å². The van der Waals surface area contributed by atoms with Gasteiger partial charge < -0.3 is 4.74 Å². The lowest BCUT2D eigenvalue weighted by Crippen LogP contribution is -2.31. The Morgan fingerprint density at radius 2 is 1.29 bits per heavy atom. The highest BCUT2D eigenvalue weighted by atomic mass is 32.2. The van der Waals surface area contributed by atoms with Gasteiger partial charge in [0.1, 0.15) is 11.6 Å². The largest absolute Gasteiger partial charge is 0.424 e. The summed E-state index contributed by atoms with van der Waals surface area (Å²) in [6.45, 7) is 0. The van der Waals surface area contributed by atoms with E-state index < -0.39 is 6.09 Å². The molecule has 3 heterocycles. The molecule has 0 spiro atoms. The maximum absolute atomic E-state index is 13.5. The molecule has 0 bridgehead atoms. The first-order valence-corrected chi connectivity index (χ1v) is 13.1. The average Bonchev–Trinajstić information content (AvgIpc) is 3.36. The summed E-state index contributed by atoms with van der Waals surface area (Å²) in [6.07, 6.45) is 1.57. The number of benzene rings is 4. The SMILES string of the molecule is O=C(Oc1ccc(-c2nc(-c3ccccc3)c3ccccn23)cc1)N1c2ccccc2Sc2ccccc21. The van der Waals surface area contributed by atoms with Crippen molar-refractivity contribution in [2.45, 2.75) is 9.79 Å². The Kier molecular flexibility index (Phi) is 5.45. The number of pyridine rings is 1. The first-order valence-electron chi connectivity index (χ1n) is 12.3. The van der Waals surface area contributed by atoms with Crippen LogP contribution in [0.25, 0.3) is 28.2 Å². The number of imidazole rings is 1. The molecule has 6 aromatic rings. The van der Waals surface area contributed by atoms with Crippen molar-refractivity contribution in [3.63, 3.8) is 0 Å². The highest BCUT2D eigenvalue weighted by Gasteiger charge is 2.29. The van der Waals surface area contributed by atoms with Crippen LogP contribution in [-0.4, -0.2) is 15.5 Å². The summed E-state index contributed by atoms with van der Waals surface area (Å²) in [6, 6.07) is 39.5. The molecule has 0 atom stereocenters. The summed E-state index contributed by atoms with van der Waals surface area (Å²) in [5, 5.41) is 0. The molecule has 1 amide bonds. The van der Waals surface area contributed by atoms with Crippen LogP contribution in [0.1, 0.15) is 0 Å². The van der Waals surface area contributed by atoms with E-state index in [1.54, 1.807) is 16.7 Å².